The van der Waals surface area contributed by atoms with Crippen LogP contribution in [0, 0.1) is 17.7 Å². The maximum absolute atomic E-state index is 13.0. The number of nitrogens with zero attached hydrogens (tertiary/aromatic N) is 1. The SMILES string of the molecule is C[C@H]1C[C@@H]1C(=O)NCCC(=O)Nc1scnc1-c1ccc(F)cc1. The number of benzene rings is 1. The average Bonchev–Trinajstić information content (AvgIpc) is 3.11. The molecule has 0 saturated heterocycles. The number of halogens is 1. The van der Waals surface area contributed by atoms with E-state index in [0.717, 1.165) is 12.0 Å². The summed E-state index contributed by atoms with van der Waals surface area (Å²) >= 11 is 1.31. The van der Waals surface area contributed by atoms with Crippen LogP contribution in [0.4, 0.5) is 9.39 Å². The van der Waals surface area contributed by atoms with E-state index < -0.39 is 0 Å². The molecule has 0 spiro atoms. The molecule has 2 N–H and O–H groups in total. The highest BCUT2D eigenvalue weighted by molar-refractivity contribution is 7.14. The zero-order valence-electron chi connectivity index (χ0n) is 13.2. The lowest BCUT2D eigenvalue weighted by Gasteiger charge is -2.07. The number of hydrogen-bond donors (Lipinski definition) is 2. The smallest absolute Gasteiger partial charge is 0.226 e. The summed E-state index contributed by atoms with van der Waals surface area (Å²) in [5.41, 5.74) is 2.98. The number of anilines is 1. The zero-order chi connectivity index (χ0) is 17.1. The van der Waals surface area contributed by atoms with Crippen LogP contribution in [0.25, 0.3) is 11.3 Å². The highest BCUT2D eigenvalue weighted by Crippen LogP contribution is 2.37. The van der Waals surface area contributed by atoms with Crippen LogP contribution in [0.3, 0.4) is 0 Å². The van der Waals surface area contributed by atoms with Gasteiger partial charge in [0.15, 0.2) is 0 Å². The van der Waals surface area contributed by atoms with E-state index in [1.807, 2.05) is 6.92 Å². The number of thiazole rings is 1. The molecule has 5 nitrogen and oxygen atoms in total. The third kappa shape index (κ3) is 3.97. The van der Waals surface area contributed by atoms with E-state index in [2.05, 4.69) is 15.6 Å². The summed E-state index contributed by atoms with van der Waals surface area (Å²) in [7, 11) is 0. The van der Waals surface area contributed by atoms with Crippen molar-refractivity contribution in [3.05, 3.63) is 35.6 Å². The normalized spacial score (nSPS) is 18.9. The zero-order valence-corrected chi connectivity index (χ0v) is 14.0. The molecule has 1 aromatic carbocycles. The molecule has 0 unspecified atom stereocenters. The Morgan fingerprint density at radius 2 is 2.04 bits per heavy atom. The second-order valence-corrected chi connectivity index (χ2v) is 6.80. The number of rotatable bonds is 6. The molecule has 0 aliphatic heterocycles. The molecule has 0 radical (unpaired) electrons. The van der Waals surface area contributed by atoms with Crippen LogP contribution < -0.4 is 10.6 Å². The highest BCUT2D eigenvalue weighted by Gasteiger charge is 2.38. The molecule has 7 heteroatoms. The number of amides is 2. The highest BCUT2D eigenvalue weighted by atomic mass is 32.1. The van der Waals surface area contributed by atoms with E-state index in [-0.39, 0.29) is 30.0 Å². The molecule has 126 valence electrons. The lowest BCUT2D eigenvalue weighted by molar-refractivity contribution is -0.122. The first-order chi connectivity index (χ1) is 11.5. The Hall–Kier alpha value is -2.28. The quantitative estimate of drug-likeness (QED) is 0.844. The van der Waals surface area contributed by atoms with Crippen LogP contribution in [0.5, 0.6) is 0 Å². The van der Waals surface area contributed by atoms with E-state index >= 15 is 0 Å². The predicted octanol–water partition coefficient (Wildman–Crippen LogP) is 3.05. The fraction of sp³-hybridized carbons (Fsp3) is 0.353. The van der Waals surface area contributed by atoms with E-state index in [1.165, 1.54) is 23.5 Å². The second-order valence-electron chi connectivity index (χ2n) is 5.95. The Labute approximate surface area is 143 Å². The molecule has 2 amide bonds. The molecule has 3 rings (SSSR count). The molecular formula is C17H18FN3O2S. The van der Waals surface area contributed by atoms with E-state index in [0.29, 0.717) is 23.2 Å². The van der Waals surface area contributed by atoms with Crippen LogP contribution in [0.15, 0.2) is 29.8 Å². The molecule has 1 fully saturated rings. The summed E-state index contributed by atoms with van der Waals surface area (Å²) in [6.07, 6.45) is 1.13. The van der Waals surface area contributed by atoms with Crippen molar-refractivity contribution in [1.82, 2.24) is 10.3 Å². The average molecular weight is 347 g/mol. The molecule has 1 saturated carbocycles. The molecule has 2 aromatic rings. The van der Waals surface area contributed by atoms with Gasteiger partial charge in [-0.2, -0.15) is 0 Å². The minimum absolute atomic E-state index is 0.0279. The number of carbonyl (C=O) groups excluding carboxylic acids is 2. The van der Waals surface area contributed by atoms with Crippen molar-refractivity contribution in [2.75, 3.05) is 11.9 Å². The van der Waals surface area contributed by atoms with Gasteiger partial charge >= 0.3 is 0 Å². The fourth-order valence-corrected chi connectivity index (χ4v) is 3.17. The van der Waals surface area contributed by atoms with Crippen LogP contribution in [-0.4, -0.2) is 23.3 Å². The van der Waals surface area contributed by atoms with Crippen molar-refractivity contribution in [3.63, 3.8) is 0 Å². The minimum Gasteiger partial charge on any atom is -0.355 e. The van der Waals surface area contributed by atoms with Gasteiger partial charge in [0.05, 0.1) is 5.51 Å². The Bertz CT molecular complexity index is 745. The molecule has 1 aromatic heterocycles. The Kier molecular flexibility index (Phi) is 4.89. The molecule has 1 aliphatic carbocycles. The number of nitrogens with one attached hydrogen (secondary N) is 2. The summed E-state index contributed by atoms with van der Waals surface area (Å²) < 4.78 is 13.0. The van der Waals surface area contributed by atoms with Gasteiger partial charge in [-0.1, -0.05) is 6.92 Å². The maximum Gasteiger partial charge on any atom is 0.226 e. The Morgan fingerprint density at radius 3 is 2.71 bits per heavy atom. The summed E-state index contributed by atoms with van der Waals surface area (Å²) in [6.45, 7) is 2.36. The Morgan fingerprint density at radius 1 is 1.33 bits per heavy atom. The van der Waals surface area contributed by atoms with Gasteiger partial charge < -0.3 is 10.6 Å². The van der Waals surface area contributed by atoms with Gasteiger partial charge in [0.25, 0.3) is 0 Å². The summed E-state index contributed by atoms with van der Waals surface area (Å²) in [5, 5.41) is 6.21. The van der Waals surface area contributed by atoms with Crippen molar-refractivity contribution in [2.24, 2.45) is 11.8 Å². The first kappa shape index (κ1) is 16.6. The molecule has 1 aliphatic rings. The van der Waals surface area contributed by atoms with Crippen LogP contribution in [0.1, 0.15) is 19.8 Å². The van der Waals surface area contributed by atoms with Gasteiger partial charge in [0, 0.05) is 24.4 Å². The summed E-state index contributed by atoms with van der Waals surface area (Å²) in [5.74, 6) is 0.0843. The van der Waals surface area contributed by atoms with Crippen molar-refractivity contribution in [1.29, 1.82) is 0 Å². The predicted molar refractivity (Wildman–Crippen MR) is 91.0 cm³/mol. The summed E-state index contributed by atoms with van der Waals surface area (Å²) in [6, 6.07) is 5.96. The molecule has 24 heavy (non-hydrogen) atoms. The van der Waals surface area contributed by atoms with Crippen LogP contribution >= 0.6 is 11.3 Å². The third-order valence-corrected chi connectivity index (χ3v) is 4.78. The van der Waals surface area contributed by atoms with Gasteiger partial charge in [-0.3, -0.25) is 9.59 Å². The minimum atomic E-state index is -0.319. The van der Waals surface area contributed by atoms with E-state index in [4.69, 9.17) is 0 Å². The first-order valence-electron chi connectivity index (χ1n) is 7.81. The van der Waals surface area contributed by atoms with Gasteiger partial charge in [-0.05, 0) is 36.6 Å². The first-order valence-corrected chi connectivity index (χ1v) is 8.69. The molecule has 1 heterocycles. The fourth-order valence-electron chi connectivity index (χ4n) is 2.46. The number of hydrogen-bond acceptors (Lipinski definition) is 4. The van der Waals surface area contributed by atoms with Crippen molar-refractivity contribution >= 4 is 28.2 Å². The largest absolute Gasteiger partial charge is 0.355 e. The lowest BCUT2D eigenvalue weighted by Crippen LogP contribution is -2.29. The van der Waals surface area contributed by atoms with Crippen LogP contribution in [-0.2, 0) is 9.59 Å². The van der Waals surface area contributed by atoms with Gasteiger partial charge in [0.1, 0.15) is 16.5 Å². The monoisotopic (exact) mass is 347 g/mol. The second kappa shape index (κ2) is 7.09. The third-order valence-electron chi connectivity index (χ3n) is 4.04. The number of carbonyl (C=O) groups is 2. The topological polar surface area (TPSA) is 71.1 Å². The maximum atomic E-state index is 13.0. The molecule has 2 atom stereocenters. The Balaban J connectivity index is 1.52. The standard InChI is InChI=1S/C17H18FN3O2S/c1-10-8-13(10)16(23)19-7-6-14(22)21-17-15(20-9-24-17)11-2-4-12(18)5-3-11/h2-5,9-10,13H,6-8H2,1H3,(H,19,23)(H,21,22)/t10-,13-/m0/s1. The van der Waals surface area contributed by atoms with Crippen LogP contribution in [0.2, 0.25) is 0 Å². The molecule has 0 bridgehead atoms. The number of aromatic nitrogens is 1. The van der Waals surface area contributed by atoms with Gasteiger partial charge in [-0.25, -0.2) is 9.37 Å². The van der Waals surface area contributed by atoms with E-state index in [1.54, 1.807) is 17.6 Å². The van der Waals surface area contributed by atoms with Gasteiger partial charge in [0.2, 0.25) is 11.8 Å². The molecular weight excluding hydrogens is 329 g/mol. The van der Waals surface area contributed by atoms with Crippen molar-refractivity contribution in [2.45, 2.75) is 19.8 Å². The van der Waals surface area contributed by atoms with Gasteiger partial charge in [-0.15, -0.1) is 11.3 Å². The van der Waals surface area contributed by atoms with Crippen molar-refractivity contribution < 1.29 is 14.0 Å². The lowest BCUT2D eigenvalue weighted by atomic mass is 10.1. The van der Waals surface area contributed by atoms with E-state index in [9.17, 15) is 14.0 Å². The van der Waals surface area contributed by atoms with Crippen molar-refractivity contribution in [3.8, 4) is 11.3 Å². The summed E-state index contributed by atoms with van der Waals surface area (Å²) in [4.78, 5) is 28.0.